The van der Waals surface area contributed by atoms with Gasteiger partial charge < -0.3 is 10.2 Å². The second-order valence-corrected chi connectivity index (χ2v) is 5.52. The summed E-state index contributed by atoms with van der Waals surface area (Å²) >= 11 is 0. The van der Waals surface area contributed by atoms with Crippen LogP contribution >= 0.6 is 0 Å². The predicted molar refractivity (Wildman–Crippen MR) is 71.2 cm³/mol. The topological polar surface area (TPSA) is 71.0 Å². The Kier molecular flexibility index (Phi) is 4.09. The van der Waals surface area contributed by atoms with Crippen LogP contribution in [0.15, 0.2) is 12.7 Å². The Morgan fingerprint density at radius 1 is 1.42 bits per heavy atom. The van der Waals surface area contributed by atoms with E-state index < -0.39 is 0 Å². The summed E-state index contributed by atoms with van der Waals surface area (Å²) in [5, 5.41) is 3.10. The molecular formula is C13H21N5O. The smallest absolute Gasteiger partial charge is 0.240 e. The monoisotopic (exact) mass is 263 g/mol. The van der Waals surface area contributed by atoms with Crippen LogP contribution in [0.4, 0.5) is 0 Å². The Morgan fingerprint density at radius 3 is 2.74 bits per heavy atom. The van der Waals surface area contributed by atoms with Crippen LogP contribution in [-0.2, 0) is 11.3 Å². The molecule has 6 nitrogen and oxygen atoms in total. The molecule has 1 amide bonds. The molecule has 1 N–H and O–H groups in total. The Morgan fingerprint density at radius 2 is 2.11 bits per heavy atom. The van der Waals surface area contributed by atoms with Crippen molar-refractivity contribution in [3.8, 4) is 0 Å². The van der Waals surface area contributed by atoms with E-state index in [0.29, 0.717) is 12.4 Å². The quantitative estimate of drug-likeness (QED) is 0.871. The molecule has 1 aliphatic rings. The Labute approximate surface area is 113 Å². The summed E-state index contributed by atoms with van der Waals surface area (Å²) in [7, 11) is 1.84. The molecule has 0 radical (unpaired) electrons. The Hall–Kier alpha value is -1.56. The highest BCUT2D eigenvalue weighted by molar-refractivity contribution is 5.82. The van der Waals surface area contributed by atoms with Crippen molar-refractivity contribution in [2.75, 3.05) is 7.05 Å². The fourth-order valence-corrected chi connectivity index (χ4v) is 2.53. The molecule has 0 bridgehead atoms. The maximum atomic E-state index is 12.6. The number of amides is 1. The standard InChI is InChI=1S/C13H21N5O/c1-13(2)6-4-5-10(14-3)12(19)18(13)7-11-16-8-15-9-17-11/h8-10,14H,4-7H2,1-3H3. The first kappa shape index (κ1) is 13.9. The van der Waals surface area contributed by atoms with Crippen molar-refractivity contribution >= 4 is 5.91 Å². The van der Waals surface area contributed by atoms with Crippen LogP contribution in [0, 0.1) is 0 Å². The maximum Gasteiger partial charge on any atom is 0.240 e. The number of carbonyl (C=O) groups excluding carboxylic acids is 1. The number of carbonyl (C=O) groups is 1. The summed E-state index contributed by atoms with van der Waals surface area (Å²) in [4.78, 5) is 26.5. The molecule has 2 heterocycles. The third-order valence-corrected chi connectivity index (χ3v) is 3.77. The summed E-state index contributed by atoms with van der Waals surface area (Å²) in [6, 6.07) is -0.108. The lowest BCUT2D eigenvalue weighted by Gasteiger charge is -2.37. The predicted octanol–water partition coefficient (Wildman–Crippen LogP) is 0.751. The first-order valence-corrected chi connectivity index (χ1v) is 6.64. The van der Waals surface area contributed by atoms with Crippen LogP contribution in [0.3, 0.4) is 0 Å². The number of hydrogen-bond acceptors (Lipinski definition) is 5. The third kappa shape index (κ3) is 3.07. The number of likely N-dealkylation sites (N-methyl/N-ethyl adjacent to an activating group) is 1. The molecular weight excluding hydrogens is 242 g/mol. The Bertz CT molecular complexity index is 434. The summed E-state index contributed by atoms with van der Waals surface area (Å²) in [6.45, 7) is 4.64. The normalized spacial score (nSPS) is 23.2. The van der Waals surface area contributed by atoms with E-state index in [1.54, 1.807) is 0 Å². The summed E-state index contributed by atoms with van der Waals surface area (Å²) in [5.74, 6) is 0.763. The molecule has 2 rings (SSSR count). The van der Waals surface area contributed by atoms with Gasteiger partial charge in [-0.2, -0.15) is 0 Å². The average Bonchev–Trinajstić information content (AvgIpc) is 2.50. The molecule has 0 aliphatic carbocycles. The lowest BCUT2D eigenvalue weighted by atomic mass is 9.97. The van der Waals surface area contributed by atoms with Crippen LogP contribution in [0.5, 0.6) is 0 Å². The first-order chi connectivity index (χ1) is 9.04. The van der Waals surface area contributed by atoms with Crippen LogP contribution in [0.1, 0.15) is 38.9 Å². The molecule has 1 unspecified atom stereocenters. The van der Waals surface area contributed by atoms with Crippen LogP contribution < -0.4 is 5.32 Å². The van der Waals surface area contributed by atoms with Crippen LogP contribution in [0.25, 0.3) is 0 Å². The molecule has 0 saturated carbocycles. The van der Waals surface area contributed by atoms with Crippen molar-refractivity contribution in [2.45, 2.75) is 51.2 Å². The molecule has 1 aliphatic heterocycles. The zero-order valence-corrected chi connectivity index (χ0v) is 11.8. The zero-order chi connectivity index (χ0) is 13.9. The molecule has 0 aromatic carbocycles. The van der Waals surface area contributed by atoms with Crippen molar-refractivity contribution < 1.29 is 4.79 Å². The Balaban J connectivity index is 2.24. The SMILES string of the molecule is CNC1CCCC(C)(C)N(Cc2ncncn2)C1=O. The van der Waals surface area contributed by atoms with Crippen LogP contribution in [0.2, 0.25) is 0 Å². The van der Waals surface area contributed by atoms with E-state index in [1.807, 2.05) is 11.9 Å². The van der Waals surface area contributed by atoms with Gasteiger partial charge in [-0.1, -0.05) is 0 Å². The minimum atomic E-state index is -0.171. The third-order valence-electron chi connectivity index (χ3n) is 3.77. The number of rotatable bonds is 3. The highest BCUT2D eigenvalue weighted by Gasteiger charge is 2.37. The van der Waals surface area contributed by atoms with Gasteiger partial charge in [-0.3, -0.25) is 4.79 Å². The number of aromatic nitrogens is 3. The van der Waals surface area contributed by atoms with E-state index in [0.717, 1.165) is 19.3 Å². The van der Waals surface area contributed by atoms with Gasteiger partial charge in [-0.25, -0.2) is 15.0 Å². The molecule has 1 aromatic rings. The maximum absolute atomic E-state index is 12.6. The van der Waals surface area contributed by atoms with Crippen molar-refractivity contribution in [2.24, 2.45) is 0 Å². The van der Waals surface area contributed by atoms with Gasteiger partial charge in [0, 0.05) is 5.54 Å². The van der Waals surface area contributed by atoms with Gasteiger partial charge >= 0.3 is 0 Å². The summed E-state index contributed by atoms with van der Waals surface area (Å²) in [6.07, 6.45) is 5.84. The molecule has 1 aromatic heterocycles. The second kappa shape index (κ2) is 5.61. The molecule has 1 saturated heterocycles. The largest absolute Gasteiger partial charge is 0.329 e. The van der Waals surface area contributed by atoms with Gasteiger partial charge in [-0.05, 0) is 40.2 Å². The zero-order valence-electron chi connectivity index (χ0n) is 11.8. The van der Waals surface area contributed by atoms with Gasteiger partial charge in [0.15, 0.2) is 5.82 Å². The number of nitrogens with zero attached hydrogens (tertiary/aromatic N) is 4. The lowest BCUT2D eigenvalue weighted by molar-refractivity contribution is -0.138. The average molecular weight is 263 g/mol. The van der Waals surface area contributed by atoms with Gasteiger partial charge in [-0.15, -0.1) is 0 Å². The fraction of sp³-hybridized carbons (Fsp3) is 0.692. The highest BCUT2D eigenvalue weighted by Crippen LogP contribution is 2.28. The van der Waals surface area contributed by atoms with Crippen molar-refractivity contribution in [1.82, 2.24) is 25.2 Å². The van der Waals surface area contributed by atoms with Gasteiger partial charge in [0.1, 0.15) is 12.7 Å². The van der Waals surface area contributed by atoms with E-state index in [9.17, 15) is 4.79 Å². The van der Waals surface area contributed by atoms with E-state index in [2.05, 4.69) is 34.1 Å². The highest BCUT2D eigenvalue weighted by atomic mass is 16.2. The van der Waals surface area contributed by atoms with Crippen LogP contribution in [-0.4, -0.2) is 44.4 Å². The summed E-state index contributed by atoms with van der Waals surface area (Å²) < 4.78 is 0. The first-order valence-electron chi connectivity index (χ1n) is 6.64. The lowest BCUT2D eigenvalue weighted by Crippen LogP contribution is -2.51. The molecule has 1 atom stereocenters. The molecule has 1 fully saturated rings. The number of likely N-dealkylation sites (tertiary alicyclic amines) is 1. The minimum absolute atomic E-state index is 0.108. The van der Waals surface area contributed by atoms with Crippen molar-refractivity contribution in [3.63, 3.8) is 0 Å². The molecule has 19 heavy (non-hydrogen) atoms. The van der Waals surface area contributed by atoms with E-state index in [1.165, 1.54) is 12.7 Å². The summed E-state index contributed by atoms with van der Waals surface area (Å²) in [5.41, 5.74) is -0.171. The number of hydrogen-bond donors (Lipinski definition) is 1. The molecule has 104 valence electrons. The molecule has 0 spiro atoms. The fourth-order valence-electron chi connectivity index (χ4n) is 2.53. The minimum Gasteiger partial charge on any atom is -0.329 e. The van der Waals surface area contributed by atoms with E-state index >= 15 is 0 Å². The van der Waals surface area contributed by atoms with Gasteiger partial charge in [0.05, 0.1) is 12.6 Å². The van der Waals surface area contributed by atoms with E-state index in [4.69, 9.17) is 0 Å². The van der Waals surface area contributed by atoms with Gasteiger partial charge in [0.25, 0.3) is 0 Å². The second-order valence-electron chi connectivity index (χ2n) is 5.52. The molecule has 6 heteroatoms. The number of nitrogens with one attached hydrogen (secondary N) is 1. The van der Waals surface area contributed by atoms with Gasteiger partial charge in [0.2, 0.25) is 5.91 Å². The van der Waals surface area contributed by atoms with Crippen molar-refractivity contribution in [1.29, 1.82) is 0 Å². The van der Waals surface area contributed by atoms with Crippen molar-refractivity contribution in [3.05, 3.63) is 18.5 Å². The van der Waals surface area contributed by atoms with E-state index in [-0.39, 0.29) is 17.5 Å².